The van der Waals surface area contributed by atoms with Gasteiger partial charge in [-0.05, 0) is 46.3 Å². The van der Waals surface area contributed by atoms with Crippen LogP contribution in [0.1, 0.15) is 15.2 Å². The molecular weight excluding hydrogens is 336 g/mol. The van der Waals surface area contributed by atoms with Crippen LogP contribution in [0.15, 0.2) is 34.1 Å². The number of benzene rings is 1. The number of thiophene rings is 1. The summed E-state index contributed by atoms with van der Waals surface area (Å²) in [5, 5.41) is 3.30. The van der Waals surface area contributed by atoms with Crippen molar-refractivity contribution in [1.29, 1.82) is 0 Å². The smallest absolute Gasteiger partial charge is 0.253 e. The van der Waals surface area contributed by atoms with E-state index in [-0.39, 0.29) is 5.91 Å². The lowest BCUT2D eigenvalue weighted by atomic mass is 10.1. The summed E-state index contributed by atoms with van der Waals surface area (Å²) in [7, 11) is 0. The molecule has 1 heterocycles. The molecule has 0 spiro atoms. The van der Waals surface area contributed by atoms with Crippen molar-refractivity contribution in [2.75, 3.05) is 5.73 Å². The van der Waals surface area contributed by atoms with Crippen molar-refractivity contribution in [1.82, 2.24) is 5.32 Å². The molecule has 3 N–H and O–H groups in total. The van der Waals surface area contributed by atoms with E-state index in [4.69, 9.17) is 17.3 Å². The van der Waals surface area contributed by atoms with Gasteiger partial charge in [0.25, 0.3) is 5.91 Å². The molecule has 0 saturated carbocycles. The van der Waals surface area contributed by atoms with Gasteiger partial charge in [0.15, 0.2) is 0 Å². The predicted octanol–water partition coefficient (Wildman–Crippen LogP) is 3.68. The molecule has 2 rings (SSSR count). The zero-order valence-corrected chi connectivity index (χ0v) is 12.4. The van der Waals surface area contributed by atoms with E-state index in [0.29, 0.717) is 22.8 Å². The molecule has 6 heteroatoms. The van der Waals surface area contributed by atoms with Gasteiger partial charge in [-0.3, -0.25) is 4.79 Å². The van der Waals surface area contributed by atoms with Gasteiger partial charge in [0.1, 0.15) is 0 Å². The zero-order valence-electron chi connectivity index (χ0n) is 9.24. The normalized spacial score (nSPS) is 10.3. The highest BCUT2D eigenvalue weighted by Crippen LogP contribution is 2.22. The maximum atomic E-state index is 11.9. The molecule has 2 aromatic rings. The van der Waals surface area contributed by atoms with E-state index in [0.717, 1.165) is 8.66 Å². The lowest BCUT2D eigenvalue weighted by Crippen LogP contribution is -2.23. The second-order valence-electron chi connectivity index (χ2n) is 3.62. The Hall–Kier alpha value is -1.04. The number of nitrogens with one attached hydrogen (secondary N) is 1. The van der Waals surface area contributed by atoms with Crippen LogP contribution in [-0.2, 0) is 6.54 Å². The fourth-order valence-electron chi connectivity index (χ4n) is 1.43. The quantitative estimate of drug-likeness (QED) is 0.834. The number of nitrogens with two attached hydrogens (primary N) is 1. The van der Waals surface area contributed by atoms with Gasteiger partial charge < -0.3 is 11.1 Å². The average Bonchev–Trinajstić information content (AvgIpc) is 2.75. The summed E-state index contributed by atoms with van der Waals surface area (Å²) in [4.78, 5) is 13.0. The fraction of sp³-hybridized carbons (Fsp3) is 0.0833. The SMILES string of the molecule is Nc1ccc(Cl)cc1C(=O)NCc1ccc(Br)s1. The van der Waals surface area contributed by atoms with Crippen molar-refractivity contribution in [3.05, 3.63) is 49.6 Å². The molecule has 0 radical (unpaired) electrons. The summed E-state index contributed by atoms with van der Waals surface area (Å²) in [6, 6.07) is 8.75. The van der Waals surface area contributed by atoms with Crippen LogP contribution in [0.2, 0.25) is 5.02 Å². The van der Waals surface area contributed by atoms with Crippen LogP contribution in [0.3, 0.4) is 0 Å². The summed E-state index contributed by atoms with van der Waals surface area (Å²) in [5.41, 5.74) is 6.56. The molecule has 0 saturated heterocycles. The molecule has 1 amide bonds. The molecule has 0 aliphatic heterocycles. The third kappa shape index (κ3) is 3.25. The second-order valence-corrected chi connectivity index (χ2v) is 6.60. The number of hydrogen-bond donors (Lipinski definition) is 2. The third-order valence-corrected chi connectivity index (χ3v) is 4.17. The van der Waals surface area contributed by atoms with Crippen LogP contribution in [0.25, 0.3) is 0 Å². The Bertz CT molecular complexity index is 585. The van der Waals surface area contributed by atoms with Crippen molar-refractivity contribution in [3.63, 3.8) is 0 Å². The van der Waals surface area contributed by atoms with E-state index in [9.17, 15) is 4.79 Å². The van der Waals surface area contributed by atoms with Gasteiger partial charge in [-0.15, -0.1) is 11.3 Å². The van der Waals surface area contributed by atoms with E-state index < -0.39 is 0 Å². The van der Waals surface area contributed by atoms with E-state index in [1.165, 1.54) is 0 Å². The summed E-state index contributed by atoms with van der Waals surface area (Å²) in [6.07, 6.45) is 0. The molecular formula is C12H10BrClN2OS. The third-order valence-electron chi connectivity index (χ3n) is 2.31. The maximum Gasteiger partial charge on any atom is 0.253 e. The van der Waals surface area contributed by atoms with Gasteiger partial charge in [-0.1, -0.05) is 11.6 Å². The lowest BCUT2D eigenvalue weighted by Gasteiger charge is -2.06. The molecule has 3 nitrogen and oxygen atoms in total. The number of rotatable bonds is 3. The average molecular weight is 346 g/mol. The Balaban J connectivity index is 2.05. The van der Waals surface area contributed by atoms with Crippen LogP contribution >= 0.6 is 38.9 Å². The van der Waals surface area contributed by atoms with E-state index >= 15 is 0 Å². The minimum Gasteiger partial charge on any atom is -0.398 e. The van der Waals surface area contributed by atoms with Gasteiger partial charge in [-0.25, -0.2) is 0 Å². The molecule has 0 unspecified atom stereocenters. The molecule has 0 atom stereocenters. The van der Waals surface area contributed by atoms with Crippen LogP contribution in [-0.4, -0.2) is 5.91 Å². The first-order chi connectivity index (χ1) is 8.56. The monoisotopic (exact) mass is 344 g/mol. The molecule has 18 heavy (non-hydrogen) atoms. The number of halogens is 2. The minimum atomic E-state index is -0.223. The first-order valence-electron chi connectivity index (χ1n) is 5.13. The number of anilines is 1. The molecule has 0 bridgehead atoms. The van der Waals surface area contributed by atoms with E-state index in [1.54, 1.807) is 29.5 Å². The van der Waals surface area contributed by atoms with Crippen molar-refractivity contribution < 1.29 is 4.79 Å². The van der Waals surface area contributed by atoms with Crippen molar-refractivity contribution in [2.24, 2.45) is 0 Å². The van der Waals surface area contributed by atoms with Crippen LogP contribution in [0, 0.1) is 0 Å². The molecule has 94 valence electrons. The van der Waals surface area contributed by atoms with Gasteiger partial charge in [0.05, 0.1) is 15.9 Å². The number of nitrogen functional groups attached to an aromatic ring is 1. The summed E-state index contributed by atoms with van der Waals surface area (Å²) in [5.74, 6) is -0.223. The highest BCUT2D eigenvalue weighted by Gasteiger charge is 2.10. The van der Waals surface area contributed by atoms with Gasteiger partial charge in [-0.2, -0.15) is 0 Å². The topological polar surface area (TPSA) is 55.1 Å². The highest BCUT2D eigenvalue weighted by atomic mass is 79.9. The summed E-state index contributed by atoms with van der Waals surface area (Å²) in [6.45, 7) is 0.473. The molecule has 0 fully saturated rings. The van der Waals surface area contributed by atoms with Gasteiger partial charge in [0, 0.05) is 15.6 Å². The molecule has 1 aromatic carbocycles. The number of hydrogen-bond acceptors (Lipinski definition) is 3. The van der Waals surface area contributed by atoms with Gasteiger partial charge in [0.2, 0.25) is 0 Å². The molecule has 1 aromatic heterocycles. The van der Waals surface area contributed by atoms with Crippen molar-refractivity contribution in [2.45, 2.75) is 6.54 Å². The Morgan fingerprint density at radius 2 is 2.17 bits per heavy atom. The number of carbonyl (C=O) groups is 1. The van der Waals surface area contributed by atoms with Crippen LogP contribution in [0.5, 0.6) is 0 Å². The Labute approximate surface area is 122 Å². The first kappa shape index (κ1) is 13.4. The number of carbonyl (C=O) groups excluding carboxylic acids is 1. The maximum absolute atomic E-state index is 11.9. The summed E-state index contributed by atoms with van der Waals surface area (Å²) < 4.78 is 1.04. The number of amides is 1. The minimum absolute atomic E-state index is 0.223. The standard InChI is InChI=1S/C12H10BrClN2OS/c13-11-4-2-8(18-11)6-16-12(17)9-5-7(14)1-3-10(9)15/h1-5H,6,15H2,(H,16,17). The second kappa shape index (κ2) is 5.73. The zero-order chi connectivity index (χ0) is 13.1. The van der Waals surface area contributed by atoms with Crippen LogP contribution in [0.4, 0.5) is 5.69 Å². The van der Waals surface area contributed by atoms with Gasteiger partial charge >= 0.3 is 0 Å². The highest BCUT2D eigenvalue weighted by molar-refractivity contribution is 9.11. The Kier molecular flexibility index (Phi) is 4.27. The van der Waals surface area contributed by atoms with Crippen molar-refractivity contribution >= 4 is 50.5 Å². The first-order valence-corrected chi connectivity index (χ1v) is 7.12. The van der Waals surface area contributed by atoms with Crippen LogP contribution < -0.4 is 11.1 Å². The Morgan fingerprint density at radius 1 is 1.39 bits per heavy atom. The summed E-state index contributed by atoms with van der Waals surface area (Å²) >= 11 is 10.8. The fourth-order valence-corrected chi connectivity index (χ4v) is 3.03. The van der Waals surface area contributed by atoms with E-state index in [2.05, 4.69) is 21.2 Å². The molecule has 0 aliphatic carbocycles. The van der Waals surface area contributed by atoms with Crippen molar-refractivity contribution in [3.8, 4) is 0 Å². The Morgan fingerprint density at radius 3 is 2.83 bits per heavy atom. The predicted molar refractivity (Wildman–Crippen MR) is 79.1 cm³/mol. The largest absolute Gasteiger partial charge is 0.398 e. The van der Waals surface area contributed by atoms with E-state index in [1.807, 2.05) is 12.1 Å². The lowest BCUT2D eigenvalue weighted by molar-refractivity contribution is 0.0952. The molecule has 0 aliphatic rings.